The number of nitrogens with one attached hydrogen (secondary N) is 1. The molecule has 104 valence electrons. The zero-order chi connectivity index (χ0) is 13.9. The van der Waals surface area contributed by atoms with Crippen LogP contribution in [-0.4, -0.2) is 44.2 Å². The second-order valence-corrected chi connectivity index (χ2v) is 6.78. The number of rotatable bonds is 3. The molecule has 0 aromatic heterocycles. The molecule has 1 heterocycles. The van der Waals surface area contributed by atoms with E-state index in [0.29, 0.717) is 24.4 Å². The van der Waals surface area contributed by atoms with E-state index in [9.17, 15) is 13.2 Å². The second kappa shape index (κ2) is 5.61. The molecule has 19 heavy (non-hydrogen) atoms. The highest BCUT2D eigenvalue weighted by Gasteiger charge is 2.35. The lowest BCUT2D eigenvalue weighted by molar-refractivity contribution is 0.209. The summed E-state index contributed by atoms with van der Waals surface area (Å²) in [6.07, 6.45) is 0.494. The van der Waals surface area contributed by atoms with E-state index in [4.69, 9.17) is 0 Å². The molecule has 5 nitrogen and oxygen atoms in total. The van der Waals surface area contributed by atoms with Crippen LogP contribution in [0.15, 0.2) is 35.2 Å². The lowest BCUT2D eigenvalue weighted by Gasteiger charge is -2.16. The highest BCUT2D eigenvalue weighted by atomic mass is 32.2. The van der Waals surface area contributed by atoms with Crippen molar-refractivity contribution >= 4 is 15.9 Å². The number of amides is 2. The highest BCUT2D eigenvalue weighted by Crippen LogP contribution is 2.23. The van der Waals surface area contributed by atoms with Gasteiger partial charge in [0, 0.05) is 19.6 Å². The van der Waals surface area contributed by atoms with Gasteiger partial charge in [-0.3, -0.25) is 0 Å². The predicted molar refractivity (Wildman–Crippen MR) is 72.7 cm³/mol. The molecule has 1 aliphatic heterocycles. The molecule has 1 N–H and O–H groups in total. The molecule has 1 atom stereocenters. The molecule has 1 fully saturated rings. The van der Waals surface area contributed by atoms with Gasteiger partial charge in [-0.25, -0.2) is 13.2 Å². The molecular weight excluding hydrogens is 264 g/mol. The minimum absolute atomic E-state index is 0.187. The van der Waals surface area contributed by atoms with Crippen molar-refractivity contribution in [1.29, 1.82) is 0 Å². The Bertz CT molecular complexity index is 542. The summed E-state index contributed by atoms with van der Waals surface area (Å²) in [4.78, 5) is 13.6. The van der Waals surface area contributed by atoms with Gasteiger partial charge in [-0.1, -0.05) is 18.2 Å². The first-order chi connectivity index (χ1) is 9.05. The maximum absolute atomic E-state index is 12.4. The van der Waals surface area contributed by atoms with Gasteiger partial charge in [-0.15, -0.1) is 0 Å². The minimum atomic E-state index is -3.34. The quantitative estimate of drug-likeness (QED) is 0.907. The van der Waals surface area contributed by atoms with Gasteiger partial charge in [-0.05, 0) is 25.5 Å². The maximum Gasteiger partial charge on any atom is 0.317 e. The first-order valence-electron chi connectivity index (χ1n) is 6.37. The van der Waals surface area contributed by atoms with Crippen LogP contribution in [-0.2, 0) is 9.84 Å². The number of sulfone groups is 1. The van der Waals surface area contributed by atoms with Crippen molar-refractivity contribution in [3.63, 3.8) is 0 Å². The van der Waals surface area contributed by atoms with Crippen LogP contribution in [0.4, 0.5) is 4.79 Å². The van der Waals surface area contributed by atoms with Crippen molar-refractivity contribution in [2.24, 2.45) is 0 Å². The van der Waals surface area contributed by atoms with Crippen LogP contribution < -0.4 is 5.32 Å². The van der Waals surface area contributed by atoms with Crippen LogP contribution in [0.1, 0.15) is 13.3 Å². The zero-order valence-corrected chi connectivity index (χ0v) is 11.7. The van der Waals surface area contributed by atoms with Crippen molar-refractivity contribution in [1.82, 2.24) is 10.2 Å². The molecule has 1 unspecified atom stereocenters. The van der Waals surface area contributed by atoms with E-state index in [1.807, 2.05) is 6.92 Å². The average molecular weight is 282 g/mol. The maximum atomic E-state index is 12.4. The Morgan fingerprint density at radius 1 is 1.37 bits per heavy atom. The van der Waals surface area contributed by atoms with Crippen LogP contribution in [0, 0.1) is 0 Å². The number of nitrogens with zero attached hydrogens (tertiary/aromatic N) is 1. The molecule has 1 aromatic carbocycles. The first kappa shape index (κ1) is 13.9. The summed E-state index contributed by atoms with van der Waals surface area (Å²) in [6.45, 7) is 3.14. The zero-order valence-electron chi connectivity index (χ0n) is 10.9. The predicted octanol–water partition coefficient (Wildman–Crippen LogP) is 1.26. The standard InChI is InChI=1S/C13H18N2O3S/c1-2-14-13(16)15-9-8-12(10-15)19(17,18)11-6-4-3-5-7-11/h3-7,12H,2,8-10H2,1H3,(H,14,16). The first-order valence-corrected chi connectivity index (χ1v) is 7.92. The van der Waals surface area contributed by atoms with Gasteiger partial charge in [0.1, 0.15) is 0 Å². The average Bonchev–Trinajstić information content (AvgIpc) is 2.90. The Hall–Kier alpha value is -1.56. The summed E-state index contributed by atoms with van der Waals surface area (Å²) in [6, 6.07) is 8.23. The second-order valence-electron chi connectivity index (χ2n) is 4.55. The summed E-state index contributed by atoms with van der Waals surface area (Å²) >= 11 is 0. The summed E-state index contributed by atoms with van der Waals surface area (Å²) < 4.78 is 24.8. The van der Waals surface area contributed by atoms with Gasteiger partial charge in [0.25, 0.3) is 0 Å². The normalized spacial score (nSPS) is 19.4. The fourth-order valence-corrected chi connectivity index (χ4v) is 3.94. The summed E-state index contributed by atoms with van der Waals surface area (Å²) in [7, 11) is -3.34. The third-order valence-electron chi connectivity index (χ3n) is 3.27. The van der Waals surface area contributed by atoms with Gasteiger partial charge >= 0.3 is 6.03 Å². The number of urea groups is 1. The van der Waals surface area contributed by atoms with Crippen molar-refractivity contribution in [3.8, 4) is 0 Å². The molecule has 1 aliphatic rings. The number of hydrogen-bond acceptors (Lipinski definition) is 3. The van der Waals surface area contributed by atoms with Crippen LogP contribution in [0.25, 0.3) is 0 Å². The highest BCUT2D eigenvalue weighted by molar-refractivity contribution is 7.92. The van der Waals surface area contributed by atoms with Gasteiger partial charge in [-0.2, -0.15) is 0 Å². The van der Waals surface area contributed by atoms with Crippen LogP contribution in [0.2, 0.25) is 0 Å². The fourth-order valence-electron chi connectivity index (χ4n) is 2.23. The molecule has 1 aromatic rings. The van der Waals surface area contributed by atoms with Gasteiger partial charge < -0.3 is 10.2 Å². The molecule has 0 radical (unpaired) electrons. The monoisotopic (exact) mass is 282 g/mol. The van der Waals surface area contributed by atoms with E-state index >= 15 is 0 Å². The SMILES string of the molecule is CCNC(=O)N1CCC(S(=O)(=O)c2ccccc2)C1. The third-order valence-corrected chi connectivity index (χ3v) is 5.46. The Balaban J connectivity index is 2.11. The molecule has 2 amide bonds. The van der Waals surface area contributed by atoms with E-state index in [1.165, 1.54) is 0 Å². The van der Waals surface area contributed by atoms with E-state index in [0.717, 1.165) is 0 Å². The lowest BCUT2D eigenvalue weighted by atomic mass is 10.4. The molecule has 0 aliphatic carbocycles. The largest absolute Gasteiger partial charge is 0.338 e. The van der Waals surface area contributed by atoms with Gasteiger partial charge in [0.05, 0.1) is 10.1 Å². The van der Waals surface area contributed by atoms with Crippen molar-refractivity contribution in [2.45, 2.75) is 23.5 Å². The Morgan fingerprint density at radius 2 is 2.05 bits per heavy atom. The lowest BCUT2D eigenvalue weighted by Crippen LogP contribution is -2.39. The van der Waals surface area contributed by atoms with Crippen LogP contribution >= 0.6 is 0 Å². The van der Waals surface area contributed by atoms with Crippen LogP contribution in [0.5, 0.6) is 0 Å². The molecule has 1 saturated heterocycles. The summed E-state index contributed by atoms with van der Waals surface area (Å²) in [5.41, 5.74) is 0. The molecule has 6 heteroatoms. The summed E-state index contributed by atoms with van der Waals surface area (Å²) in [5, 5.41) is 2.19. The summed E-state index contributed by atoms with van der Waals surface area (Å²) in [5.74, 6) is 0. The topological polar surface area (TPSA) is 66.5 Å². The molecular formula is C13H18N2O3S. The number of hydrogen-bond donors (Lipinski definition) is 1. The Morgan fingerprint density at radius 3 is 2.68 bits per heavy atom. The molecule has 0 saturated carbocycles. The van der Waals surface area contributed by atoms with Crippen LogP contribution in [0.3, 0.4) is 0 Å². The van der Waals surface area contributed by atoms with E-state index in [1.54, 1.807) is 35.2 Å². The molecule has 2 rings (SSSR count). The number of carbonyl (C=O) groups excluding carboxylic acids is 1. The number of carbonyl (C=O) groups is 1. The smallest absolute Gasteiger partial charge is 0.317 e. The molecule has 0 bridgehead atoms. The fraction of sp³-hybridized carbons (Fsp3) is 0.462. The third kappa shape index (κ3) is 2.89. The number of benzene rings is 1. The van der Waals surface area contributed by atoms with Crippen molar-refractivity contribution in [3.05, 3.63) is 30.3 Å². The van der Waals surface area contributed by atoms with Gasteiger partial charge in [0.15, 0.2) is 9.84 Å². The minimum Gasteiger partial charge on any atom is -0.338 e. The van der Waals surface area contributed by atoms with E-state index in [-0.39, 0.29) is 12.6 Å². The van der Waals surface area contributed by atoms with E-state index < -0.39 is 15.1 Å². The van der Waals surface area contributed by atoms with Crippen molar-refractivity contribution in [2.75, 3.05) is 19.6 Å². The Labute approximate surface area is 113 Å². The molecule has 0 spiro atoms. The Kier molecular flexibility index (Phi) is 4.09. The van der Waals surface area contributed by atoms with E-state index in [2.05, 4.69) is 5.32 Å². The van der Waals surface area contributed by atoms with Gasteiger partial charge in [0.2, 0.25) is 0 Å². The number of likely N-dealkylation sites (tertiary alicyclic amines) is 1. The van der Waals surface area contributed by atoms with Crippen molar-refractivity contribution < 1.29 is 13.2 Å².